The maximum atomic E-state index is 13.6. The van der Waals surface area contributed by atoms with Gasteiger partial charge in [0.05, 0.1) is 16.5 Å². The van der Waals surface area contributed by atoms with Gasteiger partial charge in [0.1, 0.15) is 11.6 Å². The quantitative estimate of drug-likeness (QED) is 0.795. The van der Waals surface area contributed by atoms with Crippen LogP contribution < -0.4 is 0 Å². The van der Waals surface area contributed by atoms with Gasteiger partial charge in [0.25, 0.3) is 0 Å². The van der Waals surface area contributed by atoms with Gasteiger partial charge in [0, 0.05) is 10.5 Å². The third-order valence-corrected chi connectivity index (χ3v) is 3.69. The van der Waals surface area contributed by atoms with Crippen molar-refractivity contribution < 1.29 is 13.6 Å². The minimum absolute atomic E-state index is 0.0718. The summed E-state index contributed by atoms with van der Waals surface area (Å²) in [7, 11) is 0. The summed E-state index contributed by atoms with van der Waals surface area (Å²) < 4.78 is 26.8. The maximum absolute atomic E-state index is 13.6. The van der Waals surface area contributed by atoms with Crippen molar-refractivity contribution in [2.75, 3.05) is 0 Å². The molecule has 0 radical (unpaired) electrons. The third kappa shape index (κ3) is 3.03. The molecule has 5 heteroatoms. The van der Waals surface area contributed by atoms with Gasteiger partial charge in [-0.15, -0.1) is 0 Å². The van der Waals surface area contributed by atoms with Crippen LogP contribution in [-0.4, -0.2) is 5.78 Å². The summed E-state index contributed by atoms with van der Waals surface area (Å²) in [5.41, 5.74) is 0.729. The predicted octanol–water partition coefficient (Wildman–Crippen LogP) is 4.19. The Morgan fingerprint density at radius 3 is 2.55 bits per heavy atom. The zero-order valence-corrected chi connectivity index (χ0v) is 11.3. The molecule has 0 saturated heterocycles. The van der Waals surface area contributed by atoms with Crippen molar-refractivity contribution in [3.63, 3.8) is 0 Å². The first kappa shape index (κ1) is 14.2. The average molecular weight is 289 g/mol. The van der Waals surface area contributed by atoms with E-state index in [9.17, 15) is 13.6 Å². The highest BCUT2D eigenvalue weighted by molar-refractivity contribution is 7.99. The van der Waals surface area contributed by atoms with Crippen LogP contribution >= 0.6 is 11.8 Å². The van der Waals surface area contributed by atoms with Gasteiger partial charge in [0.15, 0.2) is 5.78 Å². The Hall–Kier alpha value is -2.19. The molecule has 0 atom stereocenters. The summed E-state index contributed by atoms with van der Waals surface area (Å²) in [5, 5.41) is 8.88. The zero-order valence-electron chi connectivity index (χ0n) is 10.5. The van der Waals surface area contributed by atoms with E-state index in [1.165, 1.54) is 25.1 Å². The van der Waals surface area contributed by atoms with E-state index >= 15 is 0 Å². The fraction of sp³-hybridized carbons (Fsp3) is 0.0667. The Morgan fingerprint density at radius 1 is 1.15 bits per heavy atom. The molecule has 0 fully saturated rings. The smallest absolute Gasteiger partial charge is 0.160 e. The Kier molecular flexibility index (Phi) is 4.16. The normalized spacial score (nSPS) is 10.1. The van der Waals surface area contributed by atoms with Crippen LogP contribution in [0.4, 0.5) is 8.78 Å². The van der Waals surface area contributed by atoms with E-state index in [1.807, 2.05) is 6.07 Å². The van der Waals surface area contributed by atoms with Crippen molar-refractivity contribution >= 4 is 17.5 Å². The van der Waals surface area contributed by atoms with Gasteiger partial charge < -0.3 is 0 Å². The molecule has 0 unspecified atom stereocenters. The maximum Gasteiger partial charge on any atom is 0.160 e. The highest BCUT2D eigenvalue weighted by atomic mass is 32.2. The first-order valence-corrected chi connectivity index (χ1v) is 6.51. The number of hydrogen-bond donors (Lipinski definition) is 0. The Balaban J connectivity index is 2.49. The minimum Gasteiger partial charge on any atom is -0.294 e. The van der Waals surface area contributed by atoms with Crippen molar-refractivity contribution in [3.05, 3.63) is 59.2 Å². The van der Waals surface area contributed by atoms with Gasteiger partial charge in [-0.3, -0.25) is 4.79 Å². The number of benzene rings is 2. The molecule has 2 aromatic carbocycles. The molecule has 0 aliphatic rings. The zero-order chi connectivity index (χ0) is 14.7. The van der Waals surface area contributed by atoms with Crippen LogP contribution in [0.5, 0.6) is 0 Å². The Morgan fingerprint density at radius 2 is 1.90 bits per heavy atom. The van der Waals surface area contributed by atoms with Gasteiger partial charge in [-0.25, -0.2) is 8.78 Å². The Labute approximate surface area is 119 Å². The highest BCUT2D eigenvalue weighted by Crippen LogP contribution is 2.33. The van der Waals surface area contributed by atoms with E-state index in [-0.39, 0.29) is 10.7 Å². The van der Waals surface area contributed by atoms with E-state index in [2.05, 4.69) is 0 Å². The lowest BCUT2D eigenvalue weighted by molar-refractivity contribution is 0.101. The van der Waals surface area contributed by atoms with Crippen LogP contribution in [-0.2, 0) is 0 Å². The number of ketones is 1. The third-order valence-electron chi connectivity index (χ3n) is 2.60. The monoisotopic (exact) mass is 289 g/mol. The van der Waals surface area contributed by atoms with Gasteiger partial charge >= 0.3 is 0 Å². The second-order valence-electron chi connectivity index (χ2n) is 4.06. The van der Waals surface area contributed by atoms with Gasteiger partial charge in [-0.1, -0.05) is 11.8 Å². The van der Waals surface area contributed by atoms with Crippen LogP contribution in [0.3, 0.4) is 0 Å². The standard InChI is InChI=1S/C15H9F2NOS/c1-9(19)12-4-2-10(8-18)6-14(12)20-15-7-11(16)3-5-13(15)17/h2-7H,1H3. The van der Waals surface area contributed by atoms with E-state index < -0.39 is 11.6 Å². The largest absolute Gasteiger partial charge is 0.294 e. The molecular formula is C15H9F2NOS. The van der Waals surface area contributed by atoms with E-state index in [4.69, 9.17) is 5.26 Å². The molecule has 0 aromatic heterocycles. The first-order chi connectivity index (χ1) is 9.51. The highest BCUT2D eigenvalue weighted by Gasteiger charge is 2.13. The van der Waals surface area contributed by atoms with Crippen molar-refractivity contribution in [1.29, 1.82) is 5.26 Å². The van der Waals surface area contributed by atoms with Crippen LogP contribution in [0.25, 0.3) is 0 Å². The molecule has 2 aromatic rings. The average Bonchev–Trinajstić information content (AvgIpc) is 2.42. The summed E-state index contributed by atoms with van der Waals surface area (Å²) >= 11 is 0.926. The molecule has 0 aliphatic heterocycles. The molecule has 20 heavy (non-hydrogen) atoms. The van der Waals surface area contributed by atoms with Crippen LogP contribution in [0.15, 0.2) is 46.2 Å². The van der Waals surface area contributed by atoms with E-state index in [1.54, 1.807) is 0 Å². The summed E-state index contributed by atoms with van der Waals surface area (Å²) in [5.74, 6) is -1.34. The molecule has 0 bridgehead atoms. The molecule has 0 saturated carbocycles. The van der Waals surface area contributed by atoms with Crippen LogP contribution in [0.1, 0.15) is 22.8 Å². The van der Waals surface area contributed by atoms with Gasteiger partial charge in [-0.2, -0.15) is 5.26 Å². The molecule has 0 heterocycles. The second-order valence-corrected chi connectivity index (χ2v) is 5.14. The topological polar surface area (TPSA) is 40.9 Å². The molecule has 2 nitrogen and oxygen atoms in total. The molecule has 0 amide bonds. The number of rotatable bonds is 3. The molecular weight excluding hydrogens is 280 g/mol. The lowest BCUT2D eigenvalue weighted by Crippen LogP contribution is -1.96. The van der Waals surface area contributed by atoms with E-state index in [0.29, 0.717) is 16.0 Å². The summed E-state index contributed by atoms with van der Waals surface area (Å²) in [6.07, 6.45) is 0. The number of halogens is 2. The number of carbonyl (C=O) groups is 1. The van der Waals surface area contributed by atoms with Crippen molar-refractivity contribution in [3.8, 4) is 6.07 Å². The number of nitriles is 1. The van der Waals surface area contributed by atoms with Crippen LogP contribution in [0, 0.1) is 23.0 Å². The second kappa shape index (κ2) is 5.85. The molecule has 0 aliphatic carbocycles. The summed E-state index contributed by atoms with van der Waals surface area (Å²) in [4.78, 5) is 12.0. The number of Topliss-reactive ketones (excluding diaryl/α,β-unsaturated/α-hetero) is 1. The SMILES string of the molecule is CC(=O)c1ccc(C#N)cc1Sc1cc(F)ccc1F. The van der Waals surface area contributed by atoms with E-state index in [0.717, 1.165) is 30.0 Å². The van der Waals surface area contributed by atoms with Crippen molar-refractivity contribution in [1.82, 2.24) is 0 Å². The number of carbonyl (C=O) groups excluding carboxylic acids is 1. The number of nitrogens with zero attached hydrogens (tertiary/aromatic N) is 1. The minimum atomic E-state index is -0.576. The molecule has 100 valence electrons. The summed E-state index contributed by atoms with van der Waals surface area (Å²) in [6, 6.07) is 9.59. The summed E-state index contributed by atoms with van der Waals surface area (Å²) in [6.45, 7) is 1.38. The predicted molar refractivity (Wildman–Crippen MR) is 71.6 cm³/mol. The molecule has 0 N–H and O–H groups in total. The Bertz CT molecular complexity index is 722. The fourth-order valence-electron chi connectivity index (χ4n) is 1.64. The van der Waals surface area contributed by atoms with Crippen molar-refractivity contribution in [2.24, 2.45) is 0 Å². The lowest BCUT2D eigenvalue weighted by Gasteiger charge is -2.08. The van der Waals surface area contributed by atoms with Gasteiger partial charge in [0.2, 0.25) is 0 Å². The lowest BCUT2D eigenvalue weighted by atomic mass is 10.1. The fourth-order valence-corrected chi connectivity index (χ4v) is 2.72. The molecule has 0 spiro atoms. The van der Waals surface area contributed by atoms with Crippen LogP contribution in [0.2, 0.25) is 0 Å². The van der Waals surface area contributed by atoms with Gasteiger partial charge in [-0.05, 0) is 43.3 Å². The first-order valence-electron chi connectivity index (χ1n) is 5.69. The number of hydrogen-bond acceptors (Lipinski definition) is 3. The molecule has 2 rings (SSSR count). The van der Waals surface area contributed by atoms with Crippen molar-refractivity contribution in [2.45, 2.75) is 16.7 Å².